The second-order valence-corrected chi connectivity index (χ2v) is 6.54. The van der Waals surface area contributed by atoms with Gasteiger partial charge in [0.15, 0.2) is 0 Å². The largest absolute Gasteiger partial charge is 0.461 e. The Balaban J connectivity index is 1.70. The summed E-state index contributed by atoms with van der Waals surface area (Å²) in [4.78, 5) is 0. The third kappa shape index (κ3) is 3.94. The van der Waals surface area contributed by atoms with Crippen LogP contribution in [0.3, 0.4) is 0 Å². The van der Waals surface area contributed by atoms with E-state index in [1.54, 1.807) is 0 Å². The van der Waals surface area contributed by atoms with Gasteiger partial charge in [-0.25, -0.2) is 0 Å². The Labute approximate surface area is 137 Å². The Bertz CT molecular complexity index is 629. The molecule has 4 heteroatoms. The lowest BCUT2D eigenvalue weighted by atomic mass is 9.94. The summed E-state index contributed by atoms with van der Waals surface area (Å²) in [6.45, 7) is 4.83. The molecule has 126 valence electrons. The predicted octanol–water partition coefficient (Wildman–Crippen LogP) is 3.41. The van der Waals surface area contributed by atoms with E-state index in [0.29, 0.717) is 32.6 Å². The van der Waals surface area contributed by atoms with Crippen molar-refractivity contribution in [2.75, 3.05) is 19.8 Å². The minimum Gasteiger partial charge on any atom is -0.461 e. The van der Waals surface area contributed by atoms with Crippen molar-refractivity contribution >= 4 is 11.0 Å². The molecule has 0 radical (unpaired) electrons. The lowest BCUT2D eigenvalue weighted by Crippen LogP contribution is -2.44. The number of unbranched alkanes of at least 4 members (excludes halogenated alkanes) is 1. The van der Waals surface area contributed by atoms with Crippen molar-refractivity contribution in [1.29, 1.82) is 0 Å². The number of aliphatic hydroxyl groups is 1. The van der Waals surface area contributed by atoms with Crippen LogP contribution in [-0.4, -0.2) is 30.5 Å². The van der Waals surface area contributed by atoms with Gasteiger partial charge in [-0.3, -0.25) is 0 Å². The highest BCUT2D eigenvalue weighted by atomic mass is 16.5. The normalized spacial score (nSPS) is 17.7. The molecule has 0 spiro atoms. The zero-order valence-corrected chi connectivity index (χ0v) is 13.9. The summed E-state index contributed by atoms with van der Waals surface area (Å²) >= 11 is 0. The number of ether oxygens (including phenoxy) is 1. The highest BCUT2D eigenvalue weighted by Gasteiger charge is 2.29. The van der Waals surface area contributed by atoms with Gasteiger partial charge in [-0.05, 0) is 12.5 Å². The Morgan fingerprint density at radius 3 is 2.78 bits per heavy atom. The average molecular weight is 317 g/mol. The summed E-state index contributed by atoms with van der Waals surface area (Å²) in [5.74, 6) is 1.08. The second-order valence-electron chi connectivity index (χ2n) is 6.54. The molecule has 0 bridgehead atoms. The number of para-hydroxylation sites is 1. The van der Waals surface area contributed by atoms with E-state index in [0.717, 1.165) is 37.2 Å². The number of rotatable bonds is 7. The van der Waals surface area contributed by atoms with Crippen LogP contribution in [0.25, 0.3) is 11.0 Å². The quantitative estimate of drug-likeness (QED) is 0.822. The van der Waals surface area contributed by atoms with Gasteiger partial charge in [0.25, 0.3) is 0 Å². The van der Waals surface area contributed by atoms with Crippen molar-refractivity contribution in [1.82, 2.24) is 5.32 Å². The van der Waals surface area contributed by atoms with Crippen LogP contribution in [0.4, 0.5) is 0 Å². The van der Waals surface area contributed by atoms with E-state index in [4.69, 9.17) is 9.15 Å². The van der Waals surface area contributed by atoms with Gasteiger partial charge >= 0.3 is 0 Å². The van der Waals surface area contributed by atoms with Crippen LogP contribution < -0.4 is 5.32 Å². The van der Waals surface area contributed by atoms with Gasteiger partial charge in [-0.1, -0.05) is 31.5 Å². The van der Waals surface area contributed by atoms with E-state index < -0.39 is 5.60 Å². The molecule has 4 nitrogen and oxygen atoms in total. The molecular formula is C19H27NO3. The minimum absolute atomic E-state index is 0.600. The number of hydrogen-bond acceptors (Lipinski definition) is 4. The molecule has 2 aromatic rings. The van der Waals surface area contributed by atoms with Gasteiger partial charge in [0.1, 0.15) is 11.3 Å². The molecule has 0 saturated carbocycles. The van der Waals surface area contributed by atoms with E-state index in [1.165, 1.54) is 10.9 Å². The highest BCUT2D eigenvalue weighted by molar-refractivity contribution is 5.82. The number of fused-ring (bicyclic) bond motifs is 1. The van der Waals surface area contributed by atoms with Crippen molar-refractivity contribution < 1.29 is 14.3 Å². The molecule has 23 heavy (non-hydrogen) atoms. The van der Waals surface area contributed by atoms with Crippen LogP contribution in [-0.2, 0) is 17.7 Å². The van der Waals surface area contributed by atoms with Crippen molar-refractivity contribution in [3.63, 3.8) is 0 Å². The first-order valence-corrected chi connectivity index (χ1v) is 8.72. The molecule has 1 aromatic carbocycles. The molecule has 2 heterocycles. The molecule has 0 aliphatic carbocycles. The Morgan fingerprint density at radius 1 is 1.22 bits per heavy atom. The molecule has 1 aliphatic rings. The van der Waals surface area contributed by atoms with E-state index in [1.807, 2.05) is 12.1 Å². The fraction of sp³-hybridized carbons (Fsp3) is 0.579. The first-order valence-electron chi connectivity index (χ1n) is 8.72. The zero-order chi connectivity index (χ0) is 16.1. The maximum atomic E-state index is 10.6. The minimum atomic E-state index is -0.638. The van der Waals surface area contributed by atoms with Crippen molar-refractivity contribution in [2.24, 2.45) is 0 Å². The second kappa shape index (κ2) is 7.47. The summed E-state index contributed by atoms with van der Waals surface area (Å²) in [6, 6.07) is 8.21. The lowest BCUT2D eigenvalue weighted by molar-refractivity contribution is -0.0617. The molecule has 3 rings (SSSR count). The first-order chi connectivity index (χ1) is 11.2. The van der Waals surface area contributed by atoms with Gasteiger partial charge in [0.05, 0.1) is 5.60 Å². The smallest absolute Gasteiger partial charge is 0.134 e. The van der Waals surface area contributed by atoms with E-state index >= 15 is 0 Å². The number of hydrogen-bond donors (Lipinski definition) is 2. The summed E-state index contributed by atoms with van der Waals surface area (Å²) in [6.07, 6.45) is 4.67. The number of furan rings is 1. The van der Waals surface area contributed by atoms with Crippen molar-refractivity contribution in [3.05, 3.63) is 35.6 Å². The van der Waals surface area contributed by atoms with Crippen LogP contribution in [0.1, 0.15) is 43.9 Å². The van der Waals surface area contributed by atoms with Crippen molar-refractivity contribution in [2.45, 2.75) is 51.2 Å². The maximum Gasteiger partial charge on any atom is 0.134 e. The summed E-state index contributed by atoms with van der Waals surface area (Å²) in [5.41, 5.74) is 1.56. The van der Waals surface area contributed by atoms with Crippen LogP contribution in [0.15, 0.2) is 28.7 Å². The molecule has 1 saturated heterocycles. The number of nitrogens with one attached hydrogen (secondary N) is 1. The molecule has 0 atom stereocenters. The SMILES string of the molecule is CCCCc1oc2ccccc2c1CNCC1(O)CCOCC1. The van der Waals surface area contributed by atoms with Crippen LogP contribution in [0, 0.1) is 0 Å². The monoisotopic (exact) mass is 317 g/mol. The molecular weight excluding hydrogens is 290 g/mol. The van der Waals surface area contributed by atoms with Crippen molar-refractivity contribution in [3.8, 4) is 0 Å². The number of benzene rings is 1. The topological polar surface area (TPSA) is 54.6 Å². The molecule has 1 aliphatic heterocycles. The highest BCUT2D eigenvalue weighted by Crippen LogP contribution is 2.27. The average Bonchev–Trinajstić information content (AvgIpc) is 2.91. The number of aryl methyl sites for hydroxylation is 1. The Kier molecular flexibility index (Phi) is 5.36. The fourth-order valence-corrected chi connectivity index (χ4v) is 3.23. The fourth-order valence-electron chi connectivity index (χ4n) is 3.23. The maximum absolute atomic E-state index is 10.6. The lowest BCUT2D eigenvalue weighted by Gasteiger charge is -2.32. The molecule has 2 N–H and O–H groups in total. The molecule has 0 unspecified atom stereocenters. The van der Waals surface area contributed by atoms with E-state index in [2.05, 4.69) is 24.4 Å². The third-order valence-electron chi connectivity index (χ3n) is 4.72. The van der Waals surface area contributed by atoms with Crippen LogP contribution in [0.2, 0.25) is 0 Å². The van der Waals surface area contributed by atoms with Gasteiger partial charge in [-0.2, -0.15) is 0 Å². The predicted molar refractivity (Wildman–Crippen MR) is 91.5 cm³/mol. The van der Waals surface area contributed by atoms with Gasteiger partial charge in [0, 0.05) is 56.5 Å². The standard InChI is InChI=1S/C19H27NO3/c1-2-3-7-18-16(15-6-4-5-8-17(15)23-18)13-20-14-19(21)9-11-22-12-10-19/h4-6,8,20-21H,2-3,7,9-14H2,1H3. The zero-order valence-electron chi connectivity index (χ0n) is 13.9. The van der Waals surface area contributed by atoms with Gasteiger partial charge < -0.3 is 19.6 Å². The summed E-state index contributed by atoms with van der Waals surface area (Å²) in [5, 5.41) is 15.2. The molecule has 1 fully saturated rings. The Hall–Kier alpha value is -1.36. The third-order valence-corrected chi connectivity index (χ3v) is 4.72. The van der Waals surface area contributed by atoms with Gasteiger partial charge in [-0.15, -0.1) is 0 Å². The molecule has 1 aromatic heterocycles. The van der Waals surface area contributed by atoms with Crippen LogP contribution >= 0.6 is 0 Å². The van der Waals surface area contributed by atoms with E-state index in [9.17, 15) is 5.11 Å². The summed E-state index contributed by atoms with van der Waals surface area (Å²) in [7, 11) is 0. The van der Waals surface area contributed by atoms with Gasteiger partial charge in [0.2, 0.25) is 0 Å². The first kappa shape index (κ1) is 16.5. The Morgan fingerprint density at radius 2 is 2.00 bits per heavy atom. The van der Waals surface area contributed by atoms with E-state index in [-0.39, 0.29) is 0 Å². The summed E-state index contributed by atoms with van der Waals surface area (Å²) < 4.78 is 11.4. The van der Waals surface area contributed by atoms with Crippen LogP contribution in [0.5, 0.6) is 0 Å². The molecule has 0 amide bonds.